The molecular weight excluding hydrogens is 232 g/mol. The molecule has 0 aliphatic rings. The molecule has 0 fully saturated rings. The van der Waals surface area contributed by atoms with E-state index in [1.807, 2.05) is 0 Å². The maximum Gasteiger partial charge on any atom is 0.159 e. The predicted octanol–water partition coefficient (Wildman–Crippen LogP) is 1.53. The topological polar surface area (TPSA) is 91.0 Å². The molecule has 2 aromatic heterocycles. The quantitative estimate of drug-likeness (QED) is 0.485. The number of pyridine rings is 2. The van der Waals surface area contributed by atoms with Crippen molar-refractivity contribution in [2.24, 2.45) is 10.3 Å². The fourth-order valence-electron chi connectivity index (χ4n) is 1.45. The molecule has 6 heteroatoms. The molecule has 90 valence electrons. The summed E-state index contributed by atoms with van der Waals surface area (Å²) in [4.78, 5) is 8.07. The van der Waals surface area contributed by atoms with Crippen LogP contribution in [0.4, 0.5) is 0 Å². The van der Waals surface area contributed by atoms with Gasteiger partial charge in [0.2, 0.25) is 0 Å². The van der Waals surface area contributed by atoms with Gasteiger partial charge in [-0.2, -0.15) is 0 Å². The Balaban J connectivity index is 2.45. The van der Waals surface area contributed by atoms with Gasteiger partial charge in [0, 0.05) is 12.4 Å². The first-order valence-electron chi connectivity index (χ1n) is 5.14. The number of nitrogens with zero attached hydrogens (tertiary/aromatic N) is 4. The summed E-state index contributed by atoms with van der Waals surface area (Å²) >= 11 is 0. The first-order valence-corrected chi connectivity index (χ1v) is 5.14. The molecule has 0 saturated carbocycles. The van der Waals surface area contributed by atoms with E-state index in [4.69, 9.17) is 10.4 Å². The fraction of sp³-hybridized carbons (Fsp3) is 0. The largest absolute Gasteiger partial charge is 0.410 e. The van der Waals surface area contributed by atoms with Crippen molar-refractivity contribution in [2.75, 3.05) is 0 Å². The van der Waals surface area contributed by atoms with Crippen LogP contribution in [0.1, 0.15) is 11.4 Å². The minimum Gasteiger partial charge on any atom is -0.410 e. The number of hydrogen-bond donors (Lipinski definition) is 2. The van der Waals surface area contributed by atoms with Crippen molar-refractivity contribution in [3.8, 4) is 0 Å². The van der Waals surface area contributed by atoms with Gasteiger partial charge in [-0.1, -0.05) is 22.4 Å². The molecule has 0 saturated heterocycles. The first kappa shape index (κ1) is 11.7. The Hall–Kier alpha value is -2.76. The Morgan fingerprint density at radius 2 is 1.22 bits per heavy atom. The average Bonchev–Trinajstić information content (AvgIpc) is 2.46. The summed E-state index contributed by atoms with van der Waals surface area (Å²) in [5, 5.41) is 24.4. The molecule has 0 aliphatic heterocycles. The summed E-state index contributed by atoms with van der Waals surface area (Å²) in [7, 11) is 0. The molecule has 0 unspecified atom stereocenters. The highest BCUT2D eigenvalue weighted by Crippen LogP contribution is 2.05. The third-order valence-electron chi connectivity index (χ3n) is 2.24. The van der Waals surface area contributed by atoms with Crippen molar-refractivity contribution in [1.29, 1.82) is 0 Å². The van der Waals surface area contributed by atoms with Gasteiger partial charge in [-0.25, -0.2) is 0 Å². The molecule has 0 aliphatic carbocycles. The van der Waals surface area contributed by atoms with Crippen LogP contribution in [-0.2, 0) is 0 Å². The van der Waals surface area contributed by atoms with Crippen LogP contribution in [0.25, 0.3) is 0 Å². The van der Waals surface area contributed by atoms with Crippen LogP contribution in [0, 0.1) is 0 Å². The normalized spacial score (nSPS) is 12.4. The second-order valence-electron chi connectivity index (χ2n) is 3.33. The highest BCUT2D eigenvalue weighted by molar-refractivity contribution is 6.52. The van der Waals surface area contributed by atoms with E-state index >= 15 is 0 Å². The predicted molar refractivity (Wildman–Crippen MR) is 65.1 cm³/mol. The summed E-state index contributed by atoms with van der Waals surface area (Å²) in [5.74, 6) is 0. The maximum absolute atomic E-state index is 9.07. The van der Waals surface area contributed by atoms with E-state index in [1.54, 1.807) is 48.8 Å². The number of aromatic nitrogens is 2. The lowest BCUT2D eigenvalue weighted by Gasteiger charge is -2.05. The van der Waals surface area contributed by atoms with Gasteiger partial charge in [0.25, 0.3) is 0 Å². The van der Waals surface area contributed by atoms with Gasteiger partial charge in [0.05, 0.1) is 11.4 Å². The van der Waals surface area contributed by atoms with Crippen LogP contribution >= 0.6 is 0 Å². The lowest BCUT2D eigenvalue weighted by molar-refractivity contribution is 0.314. The van der Waals surface area contributed by atoms with Gasteiger partial charge in [-0.3, -0.25) is 9.97 Å². The van der Waals surface area contributed by atoms with E-state index in [-0.39, 0.29) is 11.4 Å². The maximum atomic E-state index is 9.07. The van der Waals surface area contributed by atoms with E-state index < -0.39 is 0 Å². The summed E-state index contributed by atoms with van der Waals surface area (Å²) in [6.45, 7) is 0. The Morgan fingerprint density at radius 1 is 0.778 bits per heavy atom. The molecule has 18 heavy (non-hydrogen) atoms. The summed E-state index contributed by atoms with van der Waals surface area (Å²) in [6, 6.07) is 10.2. The van der Waals surface area contributed by atoms with Crippen molar-refractivity contribution in [1.82, 2.24) is 9.97 Å². The second kappa shape index (κ2) is 5.53. The lowest BCUT2D eigenvalue weighted by Crippen LogP contribution is -2.19. The Morgan fingerprint density at radius 3 is 1.50 bits per heavy atom. The fourth-order valence-corrected chi connectivity index (χ4v) is 1.45. The van der Waals surface area contributed by atoms with Crippen molar-refractivity contribution < 1.29 is 10.4 Å². The third kappa shape index (κ3) is 2.32. The van der Waals surface area contributed by atoms with Crippen LogP contribution in [0.3, 0.4) is 0 Å². The van der Waals surface area contributed by atoms with Gasteiger partial charge in [0.15, 0.2) is 11.4 Å². The van der Waals surface area contributed by atoms with Gasteiger partial charge < -0.3 is 10.4 Å². The zero-order valence-electron chi connectivity index (χ0n) is 9.30. The summed E-state index contributed by atoms with van der Waals surface area (Å²) in [5.41, 5.74) is 0.880. The van der Waals surface area contributed by atoms with Gasteiger partial charge in [-0.05, 0) is 24.3 Å². The third-order valence-corrected chi connectivity index (χ3v) is 2.24. The minimum atomic E-state index is 0.0526. The summed E-state index contributed by atoms with van der Waals surface area (Å²) in [6.07, 6.45) is 3.10. The van der Waals surface area contributed by atoms with Crippen molar-refractivity contribution in [2.45, 2.75) is 0 Å². The Bertz CT molecular complexity index is 514. The van der Waals surface area contributed by atoms with Crippen LogP contribution in [0.2, 0.25) is 0 Å². The molecule has 2 aromatic rings. The minimum absolute atomic E-state index is 0.0526. The van der Waals surface area contributed by atoms with E-state index in [0.717, 1.165) is 0 Å². The Kier molecular flexibility index (Phi) is 3.60. The van der Waals surface area contributed by atoms with E-state index in [1.165, 1.54) is 0 Å². The highest BCUT2D eigenvalue weighted by Gasteiger charge is 2.17. The molecule has 2 rings (SSSR count). The second-order valence-corrected chi connectivity index (χ2v) is 3.33. The molecule has 0 spiro atoms. The van der Waals surface area contributed by atoms with Crippen LogP contribution in [0.5, 0.6) is 0 Å². The first-order chi connectivity index (χ1) is 8.86. The van der Waals surface area contributed by atoms with Crippen LogP contribution < -0.4 is 0 Å². The molecule has 0 radical (unpaired) electrons. The Labute approximate surface area is 103 Å². The lowest BCUT2D eigenvalue weighted by atomic mass is 10.1. The van der Waals surface area contributed by atoms with E-state index in [9.17, 15) is 0 Å². The molecule has 0 bridgehead atoms. The van der Waals surface area contributed by atoms with Gasteiger partial charge in [0.1, 0.15) is 0 Å². The summed E-state index contributed by atoms with van der Waals surface area (Å²) < 4.78 is 0. The molecular formula is C12H10N4O2. The molecule has 0 amide bonds. The zero-order chi connectivity index (χ0) is 12.8. The molecule has 0 atom stereocenters. The van der Waals surface area contributed by atoms with Crippen molar-refractivity contribution in [3.05, 3.63) is 60.2 Å². The number of oxime groups is 2. The molecule has 6 nitrogen and oxygen atoms in total. The number of hydrogen-bond acceptors (Lipinski definition) is 6. The molecule has 2 heterocycles. The average molecular weight is 242 g/mol. The van der Waals surface area contributed by atoms with Crippen LogP contribution in [-0.4, -0.2) is 31.8 Å². The number of rotatable bonds is 3. The zero-order valence-corrected chi connectivity index (χ0v) is 9.30. The van der Waals surface area contributed by atoms with Gasteiger partial charge in [-0.15, -0.1) is 0 Å². The van der Waals surface area contributed by atoms with Crippen LogP contribution in [0.15, 0.2) is 59.1 Å². The monoisotopic (exact) mass is 242 g/mol. The van der Waals surface area contributed by atoms with Crippen molar-refractivity contribution in [3.63, 3.8) is 0 Å². The standard InChI is InChI=1S/C12H10N4O2/c17-15-11(9-5-1-3-7-13-9)12(16-18)10-6-2-4-8-14-10/h1-8,17-18H/b15-11-,16-12-. The SMILES string of the molecule is O/N=C(\C(=N/O)c1ccccn1)c1ccccn1. The highest BCUT2D eigenvalue weighted by atomic mass is 16.4. The van der Waals surface area contributed by atoms with E-state index in [0.29, 0.717) is 11.4 Å². The van der Waals surface area contributed by atoms with E-state index in [2.05, 4.69) is 20.3 Å². The molecule has 2 N–H and O–H groups in total. The van der Waals surface area contributed by atoms with Gasteiger partial charge >= 0.3 is 0 Å². The molecule has 0 aromatic carbocycles. The smallest absolute Gasteiger partial charge is 0.159 e. The van der Waals surface area contributed by atoms with Crippen molar-refractivity contribution >= 4 is 11.4 Å².